The number of nitrogen functional groups attached to an aromatic ring is 1. The quantitative estimate of drug-likeness (QED) is 0.347. The van der Waals surface area contributed by atoms with Gasteiger partial charge in [0.05, 0.1) is 0 Å². The molecule has 2 saturated carbocycles. The van der Waals surface area contributed by atoms with Crippen LogP contribution in [0.4, 0.5) is 11.8 Å². The molecule has 1 aromatic heterocycles. The number of nitrogens with one attached hydrogen (secondary N) is 3. The molecule has 3 rings (SSSR count). The summed E-state index contributed by atoms with van der Waals surface area (Å²) in [5.41, 5.74) is 5.71. The summed E-state index contributed by atoms with van der Waals surface area (Å²) >= 11 is 5.93. The number of hydrogen-bond donors (Lipinski definition) is 4. The lowest BCUT2D eigenvalue weighted by Crippen LogP contribution is -2.34. The lowest BCUT2D eigenvalue weighted by atomic mass is 9.82. The molecule has 0 radical (unpaired) electrons. The molecule has 0 aliphatic heterocycles. The van der Waals surface area contributed by atoms with Gasteiger partial charge in [-0.1, -0.05) is 30.9 Å². The maximum atomic E-state index is 5.93. The van der Waals surface area contributed by atoms with Crippen molar-refractivity contribution in [3.8, 4) is 0 Å². The Morgan fingerprint density at radius 3 is 2.36 bits per heavy atom. The Morgan fingerprint density at radius 1 is 0.929 bits per heavy atom. The van der Waals surface area contributed by atoms with Crippen molar-refractivity contribution in [2.75, 3.05) is 37.2 Å². The van der Waals surface area contributed by atoms with Crippen LogP contribution in [0.3, 0.4) is 0 Å². The lowest BCUT2D eigenvalue weighted by molar-refractivity contribution is 0.275. The topological polar surface area (TPSA) is 87.9 Å². The van der Waals surface area contributed by atoms with E-state index in [-0.39, 0.29) is 0 Å². The molecule has 6 nitrogen and oxygen atoms in total. The van der Waals surface area contributed by atoms with E-state index in [4.69, 9.17) is 17.3 Å². The number of rotatable bonds is 10. The van der Waals surface area contributed by atoms with E-state index in [1.54, 1.807) is 6.07 Å². The number of aromatic nitrogens is 2. The van der Waals surface area contributed by atoms with Crippen molar-refractivity contribution < 1.29 is 0 Å². The molecule has 0 spiro atoms. The van der Waals surface area contributed by atoms with Gasteiger partial charge >= 0.3 is 0 Å². The molecular weight excluding hydrogens is 372 g/mol. The van der Waals surface area contributed by atoms with E-state index in [9.17, 15) is 0 Å². The van der Waals surface area contributed by atoms with Crippen LogP contribution in [-0.2, 0) is 0 Å². The molecule has 5 N–H and O–H groups in total. The Balaban J connectivity index is 1.20. The van der Waals surface area contributed by atoms with Gasteiger partial charge in [-0.2, -0.15) is 4.98 Å². The molecule has 0 bridgehead atoms. The van der Waals surface area contributed by atoms with Crippen molar-refractivity contribution in [3.63, 3.8) is 0 Å². The van der Waals surface area contributed by atoms with E-state index in [1.807, 2.05) is 0 Å². The summed E-state index contributed by atoms with van der Waals surface area (Å²) in [4.78, 5) is 8.36. The first-order valence-electron chi connectivity index (χ1n) is 11.2. The maximum Gasteiger partial charge on any atom is 0.226 e. The van der Waals surface area contributed by atoms with Crippen molar-refractivity contribution in [1.29, 1.82) is 0 Å². The molecule has 0 aromatic carbocycles. The Hall–Kier alpha value is -1.11. The number of nitrogens with zero attached hydrogens (tertiary/aromatic N) is 2. The van der Waals surface area contributed by atoms with Gasteiger partial charge in [-0.3, -0.25) is 0 Å². The van der Waals surface area contributed by atoms with Crippen LogP contribution in [0, 0.1) is 11.8 Å². The summed E-state index contributed by atoms with van der Waals surface area (Å²) in [7, 11) is 0. The summed E-state index contributed by atoms with van der Waals surface area (Å²) < 4.78 is 0. The van der Waals surface area contributed by atoms with Gasteiger partial charge in [0.15, 0.2) is 0 Å². The summed E-state index contributed by atoms with van der Waals surface area (Å²) in [6.45, 7) is 4.35. The van der Waals surface area contributed by atoms with Crippen molar-refractivity contribution in [3.05, 3.63) is 11.2 Å². The number of anilines is 2. The zero-order valence-corrected chi connectivity index (χ0v) is 17.8. The van der Waals surface area contributed by atoms with Crippen molar-refractivity contribution in [1.82, 2.24) is 20.6 Å². The van der Waals surface area contributed by atoms with Crippen LogP contribution in [0.15, 0.2) is 6.07 Å². The SMILES string of the molecule is Nc1cc(Cl)nc(NCC2CCC(CNCCCNC3CCCCC3)CC2)n1. The Morgan fingerprint density at radius 2 is 1.64 bits per heavy atom. The van der Waals surface area contributed by atoms with E-state index >= 15 is 0 Å². The Bertz CT molecular complexity index is 550. The molecule has 2 fully saturated rings. The zero-order valence-electron chi connectivity index (χ0n) is 17.1. The second-order valence-corrected chi connectivity index (χ2v) is 8.94. The molecule has 0 unspecified atom stereocenters. The Kier molecular flexibility index (Phi) is 9.09. The van der Waals surface area contributed by atoms with Crippen molar-refractivity contribution in [2.24, 2.45) is 11.8 Å². The van der Waals surface area contributed by atoms with Gasteiger partial charge in [-0.15, -0.1) is 0 Å². The third-order valence-electron chi connectivity index (χ3n) is 6.23. The first kappa shape index (κ1) is 21.6. The van der Waals surface area contributed by atoms with E-state index in [0.29, 0.717) is 22.8 Å². The van der Waals surface area contributed by atoms with E-state index in [1.165, 1.54) is 64.2 Å². The monoisotopic (exact) mass is 408 g/mol. The van der Waals surface area contributed by atoms with Crippen LogP contribution in [0.1, 0.15) is 64.2 Å². The standard InChI is InChI=1S/C21H37ClN6/c22-19-13-20(23)28-21(27-19)26-15-17-9-7-16(8-10-17)14-24-11-4-12-25-18-5-2-1-3-6-18/h13,16-18,24-25H,1-12,14-15H2,(H3,23,26,27,28). The fourth-order valence-electron chi connectivity index (χ4n) is 4.52. The van der Waals surface area contributed by atoms with Gasteiger partial charge in [0.2, 0.25) is 5.95 Å². The molecular formula is C21H37ClN6. The highest BCUT2D eigenvalue weighted by atomic mass is 35.5. The highest BCUT2D eigenvalue weighted by Gasteiger charge is 2.21. The maximum absolute atomic E-state index is 5.93. The third-order valence-corrected chi connectivity index (χ3v) is 6.43. The van der Waals surface area contributed by atoms with Crippen LogP contribution in [-0.4, -0.2) is 42.2 Å². The van der Waals surface area contributed by atoms with Crippen LogP contribution in [0.2, 0.25) is 5.15 Å². The van der Waals surface area contributed by atoms with Gasteiger partial charge in [0.25, 0.3) is 0 Å². The smallest absolute Gasteiger partial charge is 0.226 e. The highest BCUT2D eigenvalue weighted by molar-refractivity contribution is 6.29. The van der Waals surface area contributed by atoms with Gasteiger partial charge in [0.1, 0.15) is 11.0 Å². The minimum atomic E-state index is 0.388. The Labute approximate surface area is 174 Å². The van der Waals surface area contributed by atoms with Crippen LogP contribution < -0.4 is 21.7 Å². The summed E-state index contributed by atoms with van der Waals surface area (Å²) in [5.74, 6) is 2.45. The number of hydrogen-bond acceptors (Lipinski definition) is 6. The van der Waals surface area contributed by atoms with Crippen LogP contribution in [0.25, 0.3) is 0 Å². The van der Waals surface area contributed by atoms with Gasteiger partial charge < -0.3 is 21.7 Å². The zero-order chi connectivity index (χ0) is 19.6. The summed E-state index contributed by atoms with van der Waals surface area (Å²) in [5, 5.41) is 11.1. The van der Waals surface area contributed by atoms with E-state index < -0.39 is 0 Å². The molecule has 1 aromatic rings. The summed E-state index contributed by atoms with van der Waals surface area (Å²) in [6, 6.07) is 2.35. The molecule has 158 valence electrons. The first-order valence-corrected chi connectivity index (χ1v) is 11.5. The molecule has 0 saturated heterocycles. The molecule has 7 heteroatoms. The molecule has 1 heterocycles. The van der Waals surface area contributed by atoms with Crippen LogP contribution >= 0.6 is 11.6 Å². The van der Waals surface area contributed by atoms with E-state index in [0.717, 1.165) is 38.1 Å². The van der Waals surface area contributed by atoms with Gasteiger partial charge in [0, 0.05) is 18.7 Å². The first-order chi connectivity index (χ1) is 13.7. The van der Waals surface area contributed by atoms with Crippen LogP contribution in [0.5, 0.6) is 0 Å². The van der Waals surface area contributed by atoms with Crippen molar-refractivity contribution in [2.45, 2.75) is 70.3 Å². The average Bonchev–Trinajstić information content (AvgIpc) is 2.70. The summed E-state index contributed by atoms with van der Waals surface area (Å²) in [6.07, 6.45) is 13.4. The fraction of sp³-hybridized carbons (Fsp3) is 0.810. The third kappa shape index (κ3) is 7.72. The molecule has 0 amide bonds. The predicted octanol–water partition coefficient (Wildman–Crippen LogP) is 3.83. The molecule has 28 heavy (non-hydrogen) atoms. The molecule has 2 aliphatic carbocycles. The normalized spacial score (nSPS) is 23.6. The van der Waals surface area contributed by atoms with Gasteiger partial charge in [-0.05, 0) is 76.4 Å². The predicted molar refractivity (Wildman–Crippen MR) is 118 cm³/mol. The highest BCUT2D eigenvalue weighted by Crippen LogP contribution is 2.28. The second kappa shape index (κ2) is 11.8. The number of nitrogens with two attached hydrogens (primary N) is 1. The minimum absolute atomic E-state index is 0.388. The largest absolute Gasteiger partial charge is 0.383 e. The fourth-order valence-corrected chi connectivity index (χ4v) is 4.71. The minimum Gasteiger partial charge on any atom is -0.383 e. The second-order valence-electron chi connectivity index (χ2n) is 8.55. The van der Waals surface area contributed by atoms with E-state index in [2.05, 4.69) is 25.9 Å². The lowest BCUT2D eigenvalue weighted by Gasteiger charge is -2.29. The van der Waals surface area contributed by atoms with Crippen molar-refractivity contribution >= 4 is 23.4 Å². The number of halogens is 1. The average molecular weight is 409 g/mol. The van der Waals surface area contributed by atoms with Gasteiger partial charge in [-0.25, -0.2) is 4.98 Å². The molecule has 2 aliphatic rings. The molecule has 0 atom stereocenters.